The zero-order valence-electron chi connectivity index (χ0n) is 19.7. The van der Waals surface area contributed by atoms with E-state index in [2.05, 4.69) is 70.5 Å². The molecule has 6 rings (SSSR count). The van der Waals surface area contributed by atoms with E-state index in [9.17, 15) is 4.79 Å². The van der Waals surface area contributed by atoms with Crippen LogP contribution in [-0.4, -0.2) is 85.7 Å². The second kappa shape index (κ2) is 9.27. The van der Waals surface area contributed by atoms with Crippen molar-refractivity contribution in [1.82, 2.24) is 14.7 Å². The summed E-state index contributed by atoms with van der Waals surface area (Å²) in [6.07, 6.45) is 6.61. The lowest BCUT2D eigenvalue weighted by atomic mass is 9.93. The van der Waals surface area contributed by atoms with Gasteiger partial charge in [-0.25, -0.2) is 0 Å². The summed E-state index contributed by atoms with van der Waals surface area (Å²) in [7, 11) is 0. The monoisotopic (exact) mass is 459 g/mol. The molecule has 0 saturated carbocycles. The zero-order chi connectivity index (χ0) is 23.0. The van der Waals surface area contributed by atoms with Crippen molar-refractivity contribution in [3.8, 4) is 0 Å². The quantitative estimate of drug-likeness (QED) is 0.703. The summed E-state index contributed by atoms with van der Waals surface area (Å²) in [5.74, 6) is -0.578. The van der Waals surface area contributed by atoms with Crippen LogP contribution in [0.3, 0.4) is 0 Å². The standard InChI is InChI=1S/C28H33N3O3/c32-27(31-13-5-6-14-31)20-30-17-15-29(16-18-30)19-24-21-33-28(34-24)25-9-3-1-7-22(25)11-12-23-8-2-4-10-26(23)28/h1-4,7-12,24H,5-6,13-21H2. The number of benzene rings is 2. The Balaban J connectivity index is 1.12. The molecule has 3 heterocycles. The summed E-state index contributed by atoms with van der Waals surface area (Å²) < 4.78 is 13.4. The summed E-state index contributed by atoms with van der Waals surface area (Å²) in [5.41, 5.74) is 4.42. The molecule has 4 aliphatic rings. The van der Waals surface area contributed by atoms with Crippen LogP contribution in [0.2, 0.25) is 0 Å². The fourth-order valence-electron chi connectivity index (χ4n) is 5.77. The van der Waals surface area contributed by atoms with Crippen LogP contribution in [0.4, 0.5) is 0 Å². The number of fused-ring (bicyclic) bond motifs is 4. The average Bonchev–Trinajstić information content (AvgIpc) is 3.53. The van der Waals surface area contributed by atoms with Gasteiger partial charge < -0.3 is 14.4 Å². The minimum atomic E-state index is -0.870. The van der Waals surface area contributed by atoms with Crippen molar-refractivity contribution in [1.29, 1.82) is 0 Å². The molecular weight excluding hydrogens is 426 g/mol. The Bertz CT molecular complexity index is 1020. The minimum Gasteiger partial charge on any atom is -0.342 e. The van der Waals surface area contributed by atoms with E-state index in [0.717, 1.165) is 80.9 Å². The molecule has 0 N–H and O–H groups in total. The van der Waals surface area contributed by atoms with Gasteiger partial charge in [0.15, 0.2) is 0 Å². The molecule has 2 aromatic rings. The third-order valence-electron chi connectivity index (χ3n) is 7.62. The first kappa shape index (κ1) is 22.0. The van der Waals surface area contributed by atoms with Crippen LogP contribution in [0, 0.1) is 0 Å². The van der Waals surface area contributed by atoms with Crippen LogP contribution in [0.15, 0.2) is 48.5 Å². The summed E-state index contributed by atoms with van der Waals surface area (Å²) in [5, 5.41) is 0. The molecule has 1 atom stereocenters. The molecule has 3 fully saturated rings. The molecule has 0 bridgehead atoms. The third kappa shape index (κ3) is 4.09. The summed E-state index contributed by atoms with van der Waals surface area (Å²) in [4.78, 5) is 19.3. The first-order valence-electron chi connectivity index (χ1n) is 12.6. The maximum absolute atomic E-state index is 12.5. The van der Waals surface area contributed by atoms with Gasteiger partial charge in [0.25, 0.3) is 0 Å². The number of hydrogen-bond donors (Lipinski definition) is 0. The Morgan fingerprint density at radius 1 is 0.824 bits per heavy atom. The molecule has 1 aliphatic carbocycles. The first-order chi connectivity index (χ1) is 16.7. The maximum Gasteiger partial charge on any atom is 0.236 e. The number of hydrogen-bond acceptors (Lipinski definition) is 5. The highest BCUT2D eigenvalue weighted by molar-refractivity contribution is 5.78. The van der Waals surface area contributed by atoms with Gasteiger partial charge in [0.05, 0.1) is 19.3 Å². The van der Waals surface area contributed by atoms with Gasteiger partial charge >= 0.3 is 0 Å². The minimum absolute atomic E-state index is 0.00278. The van der Waals surface area contributed by atoms with Crippen LogP contribution in [0.25, 0.3) is 12.2 Å². The lowest BCUT2D eigenvalue weighted by Crippen LogP contribution is -2.51. The van der Waals surface area contributed by atoms with Gasteiger partial charge in [-0.1, -0.05) is 60.7 Å². The van der Waals surface area contributed by atoms with Crippen molar-refractivity contribution in [2.75, 3.05) is 59.0 Å². The third-order valence-corrected chi connectivity index (χ3v) is 7.62. The second-order valence-corrected chi connectivity index (χ2v) is 9.84. The van der Waals surface area contributed by atoms with Crippen molar-refractivity contribution >= 4 is 18.1 Å². The van der Waals surface area contributed by atoms with Gasteiger partial charge in [-0.05, 0) is 24.0 Å². The fourth-order valence-corrected chi connectivity index (χ4v) is 5.77. The molecule has 1 amide bonds. The summed E-state index contributed by atoms with van der Waals surface area (Å²) >= 11 is 0. The Morgan fingerprint density at radius 3 is 2.06 bits per heavy atom. The average molecular weight is 460 g/mol. The fraction of sp³-hybridized carbons (Fsp3) is 0.464. The zero-order valence-corrected chi connectivity index (χ0v) is 19.7. The molecule has 1 unspecified atom stereocenters. The van der Waals surface area contributed by atoms with Crippen LogP contribution in [0.5, 0.6) is 0 Å². The molecule has 6 heteroatoms. The molecule has 3 saturated heterocycles. The lowest BCUT2D eigenvalue weighted by molar-refractivity contribution is -0.145. The van der Waals surface area contributed by atoms with Crippen LogP contribution in [-0.2, 0) is 20.1 Å². The molecule has 34 heavy (non-hydrogen) atoms. The van der Waals surface area contributed by atoms with Gasteiger partial charge in [-0.3, -0.25) is 14.6 Å². The van der Waals surface area contributed by atoms with Crippen molar-refractivity contribution in [3.05, 3.63) is 70.8 Å². The molecule has 6 nitrogen and oxygen atoms in total. The largest absolute Gasteiger partial charge is 0.342 e. The number of likely N-dealkylation sites (tertiary alicyclic amines) is 1. The van der Waals surface area contributed by atoms with Gasteiger partial charge in [0.2, 0.25) is 11.7 Å². The van der Waals surface area contributed by atoms with Crippen molar-refractivity contribution in [2.45, 2.75) is 24.7 Å². The van der Waals surface area contributed by atoms with Gasteiger partial charge in [-0.15, -0.1) is 0 Å². The molecule has 3 aliphatic heterocycles. The summed E-state index contributed by atoms with van der Waals surface area (Å²) in [6, 6.07) is 16.8. The van der Waals surface area contributed by atoms with Gasteiger partial charge in [-0.2, -0.15) is 0 Å². The van der Waals surface area contributed by atoms with E-state index in [1.54, 1.807) is 0 Å². The van der Waals surface area contributed by atoms with E-state index >= 15 is 0 Å². The second-order valence-electron chi connectivity index (χ2n) is 9.84. The molecule has 0 aromatic heterocycles. The smallest absolute Gasteiger partial charge is 0.236 e. The van der Waals surface area contributed by atoms with Crippen LogP contribution >= 0.6 is 0 Å². The highest BCUT2D eigenvalue weighted by atomic mass is 16.7. The first-order valence-corrected chi connectivity index (χ1v) is 12.6. The van der Waals surface area contributed by atoms with E-state index in [1.807, 2.05) is 4.90 Å². The van der Waals surface area contributed by atoms with Crippen molar-refractivity contribution in [3.63, 3.8) is 0 Å². The topological polar surface area (TPSA) is 45.3 Å². The van der Waals surface area contributed by atoms with Crippen molar-refractivity contribution in [2.24, 2.45) is 0 Å². The van der Waals surface area contributed by atoms with E-state index in [-0.39, 0.29) is 6.10 Å². The van der Waals surface area contributed by atoms with E-state index < -0.39 is 5.79 Å². The number of amides is 1. The van der Waals surface area contributed by atoms with Crippen LogP contribution in [0.1, 0.15) is 35.1 Å². The molecule has 1 spiro atoms. The summed E-state index contributed by atoms with van der Waals surface area (Å²) in [6.45, 7) is 7.58. The molecule has 0 radical (unpaired) electrons. The number of piperazine rings is 1. The SMILES string of the molecule is O=C(CN1CCN(CC2COC3(O2)c2ccccc2C=Cc2ccccc23)CC1)N1CCCC1. The Morgan fingerprint density at radius 2 is 1.41 bits per heavy atom. The number of nitrogens with zero attached hydrogens (tertiary/aromatic N) is 3. The van der Waals surface area contributed by atoms with E-state index in [4.69, 9.17) is 9.47 Å². The molecule has 2 aromatic carbocycles. The Kier molecular flexibility index (Phi) is 5.99. The predicted octanol–water partition coefficient (Wildman–Crippen LogP) is 3.03. The Hall–Kier alpha value is -2.51. The number of carbonyl (C=O) groups is 1. The predicted molar refractivity (Wildman–Crippen MR) is 132 cm³/mol. The maximum atomic E-state index is 12.5. The molecule has 178 valence electrons. The number of rotatable bonds is 4. The highest BCUT2D eigenvalue weighted by Gasteiger charge is 2.47. The van der Waals surface area contributed by atoms with Gasteiger partial charge in [0, 0.05) is 56.9 Å². The number of ether oxygens (including phenoxy) is 2. The lowest BCUT2D eigenvalue weighted by Gasteiger charge is -2.36. The molecular formula is C28H33N3O3. The van der Waals surface area contributed by atoms with Gasteiger partial charge in [0.1, 0.15) is 0 Å². The van der Waals surface area contributed by atoms with E-state index in [1.165, 1.54) is 0 Å². The van der Waals surface area contributed by atoms with E-state index in [0.29, 0.717) is 19.1 Å². The normalized spacial score (nSPS) is 24.2. The van der Waals surface area contributed by atoms with Crippen molar-refractivity contribution < 1.29 is 14.3 Å². The van der Waals surface area contributed by atoms with Crippen LogP contribution < -0.4 is 0 Å². The Labute approximate surface area is 201 Å². The highest BCUT2D eigenvalue weighted by Crippen LogP contribution is 2.45. The number of carbonyl (C=O) groups excluding carboxylic acids is 1.